The van der Waals surface area contributed by atoms with E-state index in [1.807, 2.05) is 0 Å². The first-order valence-corrected chi connectivity index (χ1v) is 9.19. The number of methoxy groups -OCH3 is 1. The van der Waals surface area contributed by atoms with E-state index < -0.39 is 0 Å². The van der Waals surface area contributed by atoms with Gasteiger partial charge >= 0.3 is 5.97 Å². The minimum Gasteiger partial charge on any atom is -0.469 e. The summed E-state index contributed by atoms with van der Waals surface area (Å²) in [5, 5.41) is 9.73. The number of aliphatic hydroxyl groups is 1. The number of esters is 1. The Balaban J connectivity index is 1.96. The number of carbonyl (C=O) groups excluding carboxylic acids is 1. The minimum atomic E-state index is -0.342. The summed E-state index contributed by atoms with van der Waals surface area (Å²) in [6.45, 7) is 6.99. The highest BCUT2D eigenvalue weighted by molar-refractivity contribution is 5.77. The number of ether oxygens (including phenoxy) is 1. The Bertz CT molecular complexity index is 525. The molecule has 0 radical (unpaired) electrons. The molecule has 0 bridgehead atoms. The van der Waals surface area contributed by atoms with Crippen LogP contribution in [0.2, 0.25) is 0 Å². The third-order valence-corrected chi connectivity index (χ3v) is 7.42. The maximum absolute atomic E-state index is 12.5. The van der Waals surface area contributed by atoms with Gasteiger partial charge in [0.15, 0.2) is 0 Å². The van der Waals surface area contributed by atoms with Gasteiger partial charge in [0.25, 0.3) is 0 Å². The molecule has 5 atom stereocenters. The molecular formula is C20H32O3. The van der Waals surface area contributed by atoms with E-state index in [0.717, 1.165) is 38.5 Å². The van der Waals surface area contributed by atoms with Crippen molar-refractivity contribution in [3.8, 4) is 0 Å². The highest BCUT2D eigenvalue weighted by Crippen LogP contribution is 2.63. The molecule has 0 aromatic heterocycles. The second-order valence-electron chi connectivity index (χ2n) is 9.04. The quantitative estimate of drug-likeness (QED) is 0.615. The molecule has 130 valence electrons. The zero-order chi connectivity index (χ0) is 16.9. The molecule has 0 saturated heterocycles. The molecule has 0 aromatic carbocycles. The molecule has 2 unspecified atom stereocenters. The molecule has 3 heteroatoms. The lowest BCUT2D eigenvalue weighted by Crippen LogP contribution is -2.53. The van der Waals surface area contributed by atoms with Crippen molar-refractivity contribution in [3.63, 3.8) is 0 Å². The predicted molar refractivity (Wildman–Crippen MR) is 90.8 cm³/mol. The number of fused-ring (bicyclic) bond motifs is 3. The van der Waals surface area contributed by atoms with Gasteiger partial charge in [0, 0.05) is 6.61 Å². The van der Waals surface area contributed by atoms with Crippen molar-refractivity contribution in [2.24, 2.45) is 28.1 Å². The molecule has 0 amide bonds. The van der Waals surface area contributed by atoms with E-state index in [-0.39, 0.29) is 28.8 Å². The van der Waals surface area contributed by atoms with Crippen LogP contribution in [0.5, 0.6) is 0 Å². The van der Waals surface area contributed by atoms with E-state index in [9.17, 15) is 9.90 Å². The molecule has 0 spiro atoms. The molecule has 0 aromatic rings. The molecule has 0 aliphatic heterocycles. The van der Waals surface area contributed by atoms with Crippen LogP contribution >= 0.6 is 0 Å². The second-order valence-corrected chi connectivity index (χ2v) is 9.04. The Morgan fingerprint density at radius 1 is 1.30 bits per heavy atom. The second kappa shape index (κ2) is 5.61. The summed E-state index contributed by atoms with van der Waals surface area (Å²) >= 11 is 0. The third kappa shape index (κ3) is 2.47. The van der Waals surface area contributed by atoms with Gasteiger partial charge in [-0.15, -0.1) is 0 Å². The first-order chi connectivity index (χ1) is 10.8. The monoisotopic (exact) mass is 320 g/mol. The molecule has 3 aliphatic carbocycles. The summed E-state index contributed by atoms with van der Waals surface area (Å²) in [5.74, 6) is 0.947. The van der Waals surface area contributed by atoms with Crippen molar-refractivity contribution in [2.45, 2.75) is 65.7 Å². The SMILES string of the molecule is COC(=O)[C@]1(C)CCC[C@@]2(C)C3=CC[C@](C)(CO)CC3CCC12. The predicted octanol–water partition coefficient (Wildman–Crippen LogP) is 4.10. The van der Waals surface area contributed by atoms with Crippen molar-refractivity contribution in [2.75, 3.05) is 13.7 Å². The number of carbonyl (C=O) groups is 1. The topological polar surface area (TPSA) is 46.5 Å². The molecule has 3 aliphatic rings. The van der Waals surface area contributed by atoms with Crippen molar-refractivity contribution in [1.82, 2.24) is 0 Å². The third-order valence-electron chi connectivity index (χ3n) is 7.42. The van der Waals surface area contributed by atoms with Gasteiger partial charge < -0.3 is 9.84 Å². The first-order valence-electron chi connectivity index (χ1n) is 9.19. The Morgan fingerprint density at radius 3 is 2.70 bits per heavy atom. The van der Waals surface area contributed by atoms with Gasteiger partial charge in [0.1, 0.15) is 0 Å². The van der Waals surface area contributed by atoms with Gasteiger partial charge in [-0.3, -0.25) is 4.79 Å². The van der Waals surface area contributed by atoms with E-state index in [2.05, 4.69) is 26.8 Å². The van der Waals surface area contributed by atoms with Gasteiger partial charge in [-0.05, 0) is 68.1 Å². The Kier molecular flexibility index (Phi) is 4.15. The molecule has 3 rings (SSSR count). The van der Waals surface area contributed by atoms with Crippen LogP contribution in [0.4, 0.5) is 0 Å². The van der Waals surface area contributed by atoms with Crippen LogP contribution in [0, 0.1) is 28.1 Å². The fraction of sp³-hybridized carbons (Fsp3) is 0.850. The lowest BCUT2D eigenvalue weighted by molar-refractivity contribution is -0.164. The Hall–Kier alpha value is -0.830. The van der Waals surface area contributed by atoms with Crippen LogP contribution in [0.15, 0.2) is 11.6 Å². The van der Waals surface area contributed by atoms with Gasteiger partial charge in [0.05, 0.1) is 12.5 Å². The van der Waals surface area contributed by atoms with Gasteiger partial charge in [-0.1, -0.05) is 31.9 Å². The highest BCUT2D eigenvalue weighted by atomic mass is 16.5. The van der Waals surface area contributed by atoms with E-state index in [1.165, 1.54) is 13.5 Å². The Morgan fingerprint density at radius 2 is 2.04 bits per heavy atom. The highest BCUT2D eigenvalue weighted by Gasteiger charge is 2.58. The largest absolute Gasteiger partial charge is 0.469 e. The standard InChI is InChI=1S/C20H32O3/c1-18(13-21)11-8-15-14(12-18)6-7-16-19(15,2)9-5-10-20(16,3)17(22)23-4/h8,14,16,21H,5-7,9-13H2,1-4H3/t14?,16?,18-,19-,20+/m0/s1. The van der Waals surface area contributed by atoms with Crippen molar-refractivity contribution < 1.29 is 14.6 Å². The normalized spacial score (nSPS) is 46.4. The first kappa shape index (κ1) is 17.0. The zero-order valence-corrected chi connectivity index (χ0v) is 15.2. The van der Waals surface area contributed by atoms with Crippen LogP contribution in [-0.2, 0) is 9.53 Å². The molecule has 3 nitrogen and oxygen atoms in total. The van der Waals surface area contributed by atoms with Crippen LogP contribution < -0.4 is 0 Å². The minimum absolute atomic E-state index is 0.0246. The lowest BCUT2D eigenvalue weighted by Gasteiger charge is -2.58. The summed E-state index contributed by atoms with van der Waals surface area (Å²) in [6.07, 6.45) is 9.95. The van der Waals surface area contributed by atoms with E-state index in [1.54, 1.807) is 5.57 Å². The Labute approximate surface area is 140 Å². The molecule has 2 fully saturated rings. The maximum atomic E-state index is 12.5. The molecule has 23 heavy (non-hydrogen) atoms. The average molecular weight is 320 g/mol. The van der Waals surface area contributed by atoms with Crippen LogP contribution in [0.25, 0.3) is 0 Å². The van der Waals surface area contributed by atoms with Crippen molar-refractivity contribution in [3.05, 3.63) is 11.6 Å². The lowest BCUT2D eigenvalue weighted by atomic mass is 9.46. The molecule has 2 saturated carbocycles. The number of rotatable bonds is 2. The molecule has 1 N–H and O–H groups in total. The smallest absolute Gasteiger partial charge is 0.311 e. The number of aliphatic hydroxyl groups excluding tert-OH is 1. The summed E-state index contributed by atoms with van der Waals surface area (Å²) in [6, 6.07) is 0. The zero-order valence-electron chi connectivity index (χ0n) is 15.2. The van der Waals surface area contributed by atoms with Crippen LogP contribution in [-0.4, -0.2) is 24.8 Å². The van der Waals surface area contributed by atoms with Crippen LogP contribution in [0.3, 0.4) is 0 Å². The van der Waals surface area contributed by atoms with Crippen molar-refractivity contribution in [1.29, 1.82) is 0 Å². The fourth-order valence-electron chi connectivity index (χ4n) is 6.10. The van der Waals surface area contributed by atoms with E-state index in [4.69, 9.17) is 4.74 Å². The summed E-state index contributed by atoms with van der Waals surface area (Å²) in [5.41, 5.74) is 1.40. The van der Waals surface area contributed by atoms with E-state index >= 15 is 0 Å². The summed E-state index contributed by atoms with van der Waals surface area (Å²) in [7, 11) is 1.53. The van der Waals surface area contributed by atoms with Gasteiger partial charge in [-0.2, -0.15) is 0 Å². The van der Waals surface area contributed by atoms with Crippen molar-refractivity contribution >= 4 is 5.97 Å². The summed E-state index contributed by atoms with van der Waals surface area (Å²) in [4.78, 5) is 12.5. The average Bonchev–Trinajstić information content (AvgIpc) is 2.53. The number of allylic oxidation sites excluding steroid dienone is 2. The number of hydrogen-bond acceptors (Lipinski definition) is 3. The molecular weight excluding hydrogens is 288 g/mol. The molecule has 0 heterocycles. The fourth-order valence-corrected chi connectivity index (χ4v) is 6.10. The summed E-state index contributed by atoms with van der Waals surface area (Å²) < 4.78 is 5.18. The van der Waals surface area contributed by atoms with Gasteiger partial charge in [0.2, 0.25) is 0 Å². The van der Waals surface area contributed by atoms with Gasteiger partial charge in [-0.25, -0.2) is 0 Å². The van der Waals surface area contributed by atoms with E-state index in [0.29, 0.717) is 11.8 Å². The maximum Gasteiger partial charge on any atom is 0.311 e. The number of hydrogen-bond donors (Lipinski definition) is 1. The van der Waals surface area contributed by atoms with Crippen LogP contribution in [0.1, 0.15) is 65.7 Å².